The summed E-state index contributed by atoms with van der Waals surface area (Å²) in [6.07, 6.45) is 3.58. The number of aromatic nitrogens is 1. The van der Waals surface area contributed by atoms with Gasteiger partial charge in [0.05, 0.1) is 5.52 Å². The Morgan fingerprint density at radius 3 is 3.06 bits per heavy atom. The highest BCUT2D eigenvalue weighted by molar-refractivity contribution is 5.89. The van der Waals surface area contributed by atoms with Crippen LogP contribution >= 0.6 is 0 Å². The summed E-state index contributed by atoms with van der Waals surface area (Å²) in [5.41, 5.74) is 2.52. The predicted molar refractivity (Wildman–Crippen MR) is 69.6 cm³/mol. The van der Waals surface area contributed by atoms with Gasteiger partial charge in [0.25, 0.3) is 0 Å². The number of fused-ring (bicyclic) bond motifs is 1. The molecule has 3 nitrogen and oxygen atoms in total. The predicted octanol–water partition coefficient (Wildman–Crippen LogP) is 2.23. The summed E-state index contributed by atoms with van der Waals surface area (Å²) in [4.78, 5) is 0. The van der Waals surface area contributed by atoms with E-state index in [9.17, 15) is 0 Å². The van der Waals surface area contributed by atoms with Gasteiger partial charge in [-0.3, -0.25) is 0 Å². The first-order valence-electron chi connectivity index (χ1n) is 6.18. The normalized spacial score (nSPS) is 20.0. The Bertz CT molecular complexity index is 538. The molecule has 0 amide bonds. The zero-order valence-electron chi connectivity index (χ0n) is 10.4. The van der Waals surface area contributed by atoms with Crippen molar-refractivity contribution < 1.29 is 4.74 Å². The maximum atomic E-state index is 6.11. The number of ether oxygens (including phenoxy) is 1. The van der Waals surface area contributed by atoms with E-state index in [0.29, 0.717) is 6.10 Å². The molecule has 1 saturated heterocycles. The van der Waals surface area contributed by atoms with Crippen LogP contribution < -0.4 is 10.1 Å². The Labute approximate surface area is 101 Å². The number of hydrogen-bond acceptors (Lipinski definition) is 2. The maximum Gasteiger partial charge on any atom is 0.129 e. The molecule has 1 aromatic heterocycles. The molecule has 2 aromatic rings. The highest BCUT2D eigenvalue weighted by atomic mass is 16.5. The lowest BCUT2D eigenvalue weighted by Gasteiger charge is -2.14. The minimum Gasteiger partial charge on any atom is -0.488 e. The highest BCUT2D eigenvalue weighted by Crippen LogP contribution is 2.30. The molecule has 90 valence electrons. The number of benzene rings is 1. The number of aryl methyl sites for hydroxylation is 2. The van der Waals surface area contributed by atoms with Crippen LogP contribution in [0.25, 0.3) is 10.9 Å². The topological polar surface area (TPSA) is 26.2 Å². The molecule has 1 fully saturated rings. The van der Waals surface area contributed by atoms with Gasteiger partial charge in [0.15, 0.2) is 0 Å². The molecular weight excluding hydrogens is 212 g/mol. The molecule has 0 radical (unpaired) electrons. The summed E-state index contributed by atoms with van der Waals surface area (Å²) >= 11 is 0. The lowest BCUT2D eigenvalue weighted by molar-refractivity contribution is 0.226. The average molecular weight is 230 g/mol. The molecule has 1 aromatic carbocycles. The van der Waals surface area contributed by atoms with Crippen molar-refractivity contribution in [3.05, 3.63) is 30.0 Å². The average Bonchev–Trinajstić information content (AvgIpc) is 2.90. The zero-order chi connectivity index (χ0) is 11.8. The van der Waals surface area contributed by atoms with Crippen molar-refractivity contribution in [2.45, 2.75) is 19.4 Å². The quantitative estimate of drug-likeness (QED) is 0.856. The van der Waals surface area contributed by atoms with Gasteiger partial charge >= 0.3 is 0 Å². The fourth-order valence-electron chi connectivity index (χ4n) is 2.64. The summed E-state index contributed by atoms with van der Waals surface area (Å²) in [7, 11) is 2.08. The Morgan fingerprint density at radius 1 is 1.41 bits per heavy atom. The van der Waals surface area contributed by atoms with E-state index >= 15 is 0 Å². The van der Waals surface area contributed by atoms with Crippen molar-refractivity contribution in [1.29, 1.82) is 0 Å². The molecule has 1 aliphatic heterocycles. The third-order valence-corrected chi connectivity index (χ3v) is 3.47. The lowest BCUT2D eigenvalue weighted by Crippen LogP contribution is -2.19. The van der Waals surface area contributed by atoms with Crippen LogP contribution in [0.4, 0.5) is 0 Å². The van der Waals surface area contributed by atoms with E-state index in [-0.39, 0.29) is 0 Å². The standard InChI is InChI=1S/C14H18N2O/c1-10-9-16(2)12-4-3-5-13(14(10)12)17-11-6-7-15-8-11/h3-5,9,11,15H,6-8H2,1-2H3. The van der Waals surface area contributed by atoms with Crippen LogP contribution in [0.5, 0.6) is 5.75 Å². The van der Waals surface area contributed by atoms with Crippen LogP contribution in [-0.2, 0) is 7.05 Å². The number of nitrogens with zero attached hydrogens (tertiary/aromatic N) is 1. The van der Waals surface area contributed by atoms with Gasteiger partial charge in [0, 0.05) is 25.2 Å². The van der Waals surface area contributed by atoms with E-state index in [4.69, 9.17) is 4.74 Å². The SMILES string of the molecule is Cc1cn(C)c2cccc(OC3CCNC3)c12. The van der Waals surface area contributed by atoms with E-state index < -0.39 is 0 Å². The van der Waals surface area contributed by atoms with Gasteiger partial charge in [-0.05, 0) is 37.6 Å². The largest absolute Gasteiger partial charge is 0.488 e. The van der Waals surface area contributed by atoms with Gasteiger partial charge in [-0.25, -0.2) is 0 Å². The molecule has 2 heterocycles. The Kier molecular flexibility index (Phi) is 2.56. The van der Waals surface area contributed by atoms with Gasteiger partial charge in [0.1, 0.15) is 11.9 Å². The van der Waals surface area contributed by atoms with Crippen LogP contribution in [-0.4, -0.2) is 23.8 Å². The molecule has 1 N–H and O–H groups in total. The van der Waals surface area contributed by atoms with Crippen LogP contribution in [0.2, 0.25) is 0 Å². The summed E-state index contributed by atoms with van der Waals surface area (Å²) in [5, 5.41) is 4.58. The number of hydrogen-bond donors (Lipinski definition) is 1. The molecule has 17 heavy (non-hydrogen) atoms. The van der Waals surface area contributed by atoms with E-state index in [2.05, 4.69) is 48.3 Å². The second kappa shape index (κ2) is 4.08. The van der Waals surface area contributed by atoms with E-state index in [1.54, 1.807) is 0 Å². The highest BCUT2D eigenvalue weighted by Gasteiger charge is 2.18. The molecule has 1 aliphatic rings. The van der Waals surface area contributed by atoms with Crippen LogP contribution in [0.3, 0.4) is 0 Å². The summed E-state index contributed by atoms with van der Waals surface area (Å²) < 4.78 is 8.26. The van der Waals surface area contributed by atoms with Gasteiger partial charge in [-0.15, -0.1) is 0 Å². The van der Waals surface area contributed by atoms with Crippen LogP contribution in [0, 0.1) is 6.92 Å². The van der Waals surface area contributed by atoms with Crippen molar-refractivity contribution in [3.8, 4) is 5.75 Å². The molecule has 0 spiro atoms. The zero-order valence-corrected chi connectivity index (χ0v) is 10.4. The van der Waals surface area contributed by atoms with Crippen LogP contribution in [0.1, 0.15) is 12.0 Å². The monoisotopic (exact) mass is 230 g/mol. The van der Waals surface area contributed by atoms with Gasteiger partial charge in [-0.2, -0.15) is 0 Å². The van der Waals surface area contributed by atoms with Gasteiger partial charge in [0.2, 0.25) is 0 Å². The second-order valence-corrected chi connectivity index (χ2v) is 4.81. The molecule has 1 atom stereocenters. The second-order valence-electron chi connectivity index (χ2n) is 4.81. The Morgan fingerprint density at radius 2 is 2.29 bits per heavy atom. The van der Waals surface area contributed by atoms with Crippen molar-refractivity contribution >= 4 is 10.9 Å². The van der Waals surface area contributed by atoms with Crippen molar-refractivity contribution in [2.75, 3.05) is 13.1 Å². The molecular formula is C14H18N2O. The smallest absolute Gasteiger partial charge is 0.129 e. The molecule has 1 unspecified atom stereocenters. The van der Waals surface area contributed by atoms with Gasteiger partial charge in [-0.1, -0.05) is 6.07 Å². The molecule has 0 aliphatic carbocycles. The molecule has 3 rings (SSSR count). The minimum absolute atomic E-state index is 0.320. The molecule has 3 heteroatoms. The summed E-state index contributed by atoms with van der Waals surface area (Å²) in [6, 6.07) is 6.29. The van der Waals surface area contributed by atoms with Crippen molar-refractivity contribution in [2.24, 2.45) is 7.05 Å². The third-order valence-electron chi connectivity index (χ3n) is 3.47. The minimum atomic E-state index is 0.320. The van der Waals surface area contributed by atoms with Crippen molar-refractivity contribution in [3.63, 3.8) is 0 Å². The first-order valence-corrected chi connectivity index (χ1v) is 6.18. The fraction of sp³-hybridized carbons (Fsp3) is 0.429. The van der Waals surface area contributed by atoms with E-state index in [0.717, 1.165) is 25.3 Å². The fourth-order valence-corrected chi connectivity index (χ4v) is 2.64. The Hall–Kier alpha value is -1.48. The van der Waals surface area contributed by atoms with E-state index in [1.165, 1.54) is 16.5 Å². The Balaban J connectivity index is 2.03. The lowest BCUT2D eigenvalue weighted by atomic mass is 10.1. The summed E-state index contributed by atoms with van der Waals surface area (Å²) in [6.45, 7) is 4.17. The third kappa shape index (κ3) is 1.80. The number of rotatable bonds is 2. The maximum absolute atomic E-state index is 6.11. The molecule has 0 saturated carbocycles. The van der Waals surface area contributed by atoms with Crippen molar-refractivity contribution in [1.82, 2.24) is 9.88 Å². The summed E-state index contributed by atoms with van der Waals surface area (Å²) in [5.74, 6) is 1.02. The molecule has 0 bridgehead atoms. The van der Waals surface area contributed by atoms with Gasteiger partial charge < -0.3 is 14.6 Å². The first-order chi connectivity index (χ1) is 8.25. The number of nitrogens with one attached hydrogen (secondary N) is 1. The van der Waals surface area contributed by atoms with Crippen LogP contribution in [0.15, 0.2) is 24.4 Å². The van der Waals surface area contributed by atoms with E-state index in [1.807, 2.05) is 0 Å². The first kappa shape index (κ1) is 10.7.